The zero-order valence-electron chi connectivity index (χ0n) is 8.63. The first-order valence-corrected chi connectivity index (χ1v) is 6.54. The van der Waals surface area contributed by atoms with Gasteiger partial charge in [-0.25, -0.2) is 0 Å². The molecule has 0 amide bonds. The molecule has 1 aromatic heterocycles. The summed E-state index contributed by atoms with van der Waals surface area (Å²) in [7, 11) is 0. The van der Waals surface area contributed by atoms with Crippen LogP contribution in [0.5, 0.6) is 0 Å². The van der Waals surface area contributed by atoms with Crippen molar-refractivity contribution in [2.45, 2.75) is 10.6 Å². The SMILES string of the molecule is O=[N+]([O-])c1ccc(CSc2ccc(Br)cc2)o1. The Morgan fingerprint density at radius 2 is 1.94 bits per heavy atom. The molecule has 0 aliphatic carbocycles. The molecule has 0 bridgehead atoms. The van der Waals surface area contributed by atoms with Crippen molar-refractivity contribution < 1.29 is 9.34 Å². The molecule has 0 saturated carbocycles. The number of hydrogen-bond acceptors (Lipinski definition) is 4. The van der Waals surface area contributed by atoms with Crippen LogP contribution in [0.4, 0.5) is 5.88 Å². The molecule has 1 heterocycles. The average Bonchev–Trinajstić information content (AvgIpc) is 2.77. The van der Waals surface area contributed by atoms with E-state index in [1.807, 2.05) is 24.3 Å². The molecular formula is C11H8BrNO3S. The van der Waals surface area contributed by atoms with Gasteiger partial charge in [0.1, 0.15) is 10.7 Å². The Hall–Kier alpha value is -1.27. The summed E-state index contributed by atoms with van der Waals surface area (Å²) < 4.78 is 6.08. The van der Waals surface area contributed by atoms with E-state index in [9.17, 15) is 10.1 Å². The van der Waals surface area contributed by atoms with Crippen LogP contribution in [0, 0.1) is 10.1 Å². The van der Waals surface area contributed by atoms with Crippen molar-refractivity contribution in [3.8, 4) is 0 Å². The van der Waals surface area contributed by atoms with E-state index in [1.165, 1.54) is 6.07 Å². The van der Waals surface area contributed by atoms with Gasteiger partial charge in [-0.15, -0.1) is 11.8 Å². The quantitative estimate of drug-likeness (QED) is 0.481. The van der Waals surface area contributed by atoms with E-state index in [0.717, 1.165) is 9.37 Å². The highest BCUT2D eigenvalue weighted by Crippen LogP contribution is 2.26. The first kappa shape index (κ1) is 12.2. The smallest absolute Gasteiger partial charge is 0.405 e. The van der Waals surface area contributed by atoms with Crippen LogP contribution in [-0.4, -0.2) is 4.92 Å². The van der Waals surface area contributed by atoms with Gasteiger partial charge in [0, 0.05) is 9.37 Å². The van der Waals surface area contributed by atoms with Crippen molar-refractivity contribution in [2.75, 3.05) is 0 Å². The molecule has 0 aliphatic rings. The zero-order valence-corrected chi connectivity index (χ0v) is 11.0. The minimum absolute atomic E-state index is 0.212. The van der Waals surface area contributed by atoms with E-state index in [-0.39, 0.29) is 5.88 Å². The lowest BCUT2D eigenvalue weighted by molar-refractivity contribution is -0.402. The van der Waals surface area contributed by atoms with E-state index < -0.39 is 4.92 Å². The van der Waals surface area contributed by atoms with Crippen LogP contribution < -0.4 is 0 Å². The Bertz CT molecular complexity index is 524. The molecule has 0 saturated heterocycles. The second-order valence-corrected chi connectivity index (χ2v) is 5.20. The fourth-order valence-electron chi connectivity index (χ4n) is 1.23. The minimum Gasteiger partial charge on any atom is -0.405 e. The number of hydrogen-bond donors (Lipinski definition) is 0. The van der Waals surface area contributed by atoms with Crippen LogP contribution in [0.25, 0.3) is 0 Å². The first-order chi connectivity index (χ1) is 8.15. The maximum Gasteiger partial charge on any atom is 0.433 e. The highest BCUT2D eigenvalue weighted by atomic mass is 79.9. The molecule has 0 spiro atoms. The van der Waals surface area contributed by atoms with E-state index in [4.69, 9.17) is 4.42 Å². The van der Waals surface area contributed by atoms with Gasteiger partial charge in [-0.1, -0.05) is 15.9 Å². The number of rotatable bonds is 4. The predicted molar refractivity (Wildman–Crippen MR) is 69.1 cm³/mol. The van der Waals surface area contributed by atoms with E-state index in [1.54, 1.807) is 17.8 Å². The van der Waals surface area contributed by atoms with Gasteiger partial charge in [0.05, 0.1) is 11.8 Å². The maximum absolute atomic E-state index is 10.4. The number of nitro groups is 1. The molecule has 4 nitrogen and oxygen atoms in total. The van der Waals surface area contributed by atoms with Gasteiger partial charge in [-0.05, 0) is 30.3 Å². The second kappa shape index (κ2) is 5.37. The molecule has 0 unspecified atom stereocenters. The molecule has 0 N–H and O–H groups in total. The fourth-order valence-corrected chi connectivity index (χ4v) is 2.28. The summed E-state index contributed by atoms with van der Waals surface area (Å²) in [6.45, 7) is 0. The van der Waals surface area contributed by atoms with Crippen molar-refractivity contribution >= 4 is 33.6 Å². The Morgan fingerprint density at radius 3 is 2.53 bits per heavy atom. The van der Waals surface area contributed by atoms with Gasteiger partial charge in [0.25, 0.3) is 0 Å². The van der Waals surface area contributed by atoms with Gasteiger partial charge >= 0.3 is 5.88 Å². The standard InChI is InChI=1S/C11H8BrNO3S/c12-8-1-4-10(5-2-8)17-7-9-3-6-11(16-9)13(14)15/h1-6H,7H2. The maximum atomic E-state index is 10.4. The number of thioether (sulfide) groups is 1. The summed E-state index contributed by atoms with van der Waals surface area (Å²) in [6, 6.07) is 10.9. The summed E-state index contributed by atoms with van der Waals surface area (Å²) in [6.07, 6.45) is 0. The number of halogens is 1. The van der Waals surface area contributed by atoms with Crippen LogP contribution in [0.3, 0.4) is 0 Å². The van der Waals surface area contributed by atoms with Gasteiger partial charge in [0.15, 0.2) is 0 Å². The highest BCUT2D eigenvalue weighted by molar-refractivity contribution is 9.10. The number of benzene rings is 1. The largest absolute Gasteiger partial charge is 0.433 e. The van der Waals surface area contributed by atoms with Crippen LogP contribution >= 0.6 is 27.7 Å². The van der Waals surface area contributed by atoms with Crippen LogP contribution in [0.2, 0.25) is 0 Å². The topological polar surface area (TPSA) is 56.3 Å². The molecule has 6 heteroatoms. The van der Waals surface area contributed by atoms with Crippen molar-refractivity contribution in [3.05, 3.63) is 56.7 Å². The van der Waals surface area contributed by atoms with E-state index in [2.05, 4.69) is 15.9 Å². The van der Waals surface area contributed by atoms with E-state index in [0.29, 0.717) is 11.5 Å². The number of furan rings is 1. The molecule has 1 aromatic carbocycles. The Kier molecular flexibility index (Phi) is 3.86. The second-order valence-electron chi connectivity index (χ2n) is 3.24. The van der Waals surface area contributed by atoms with Gasteiger partial charge < -0.3 is 4.42 Å². The monoisotopic (exact) mass is 313 g/mol. The van der Waals surface area contributed by atoms with Crippen molar-refractivity contribution in [1.82, 2.24) is 0 Å². The predicted octanol–water partition coefficient (Wildman–Crippen LogP) is 4.24. The third-order valence-electron chi connectivity index (χ3n) is 2.02. The lowest BCUT2D eigenvalue weighted by Crippen LogP contribution is -1.83. The highest BCUT2D eigenvalue weighted by Gasteiger charge is 2.11. The zero-order chi connectivity index (χ0) is 12.3. The van der Waals surface area contributed by atoms with Gasteiger partial charge in [-0.3, -0.25) is 10.1 Å². The van der Waals surface area contributed by atoms with Gasteiger partial charge in [0.2, 0.25) is 0 Å². The molecule has 17 heavy (non-hydrogen) atoms. The number of nitrogens with zero attached hydrogens (tertiary/aromatic N) is 1. The molecule has 0 radical (unpaired) electrons. The molecule has 0 atom stereocenters. The Morgan fingerprint density at radius 1 is 1.24 bits per heavy atom. The fraction of sp³-hybridized carbons (Fsp3) is 0.0909. The lowest BCUT2D eigenvalue weighted by atomic mass is 10.4. The van der Waals surface area contributed by atoms with Crippen LogP contribution in [0.15, 0.2) is 50.2 Å². The van der Waals surface area contributed by atoms with E-state index >= 15 is 0 Å². The molecule has 2 aromatic rings. The summed E-state index contributed by atoms with van der Waals surface area (Å²) in [5, 5.41) is 10.4. The minimum atomic E-state index is -0.534. The van der Waals surface area contributed by atoms with Gasteiger partial charge in [-0.2, -0.15) is 0 Å². The molecule has 0 fully saturated rings. The summed E-state index contributed by atoms with van der Waals surface area (Å²) >= 11 is 4.93. The van der Waals surface area contributed by atoms with Crippen molar-refractivity contribution in [2.24, 2.45) is 0 Å². The molecule has 2 rings (SSSR count). The third kappa shape index (κ3) is 3.34. The first-order valence-electron chi connectivity index (χ1n) is 4.76. The molecule has 88 valence electrons. The summed E-state index contributed by atoms with van der Waals surface area (Å²) in [5.74, 6) is 0.969. The normalized spacial score (nSPS) is 10.4. The van der Waals surface area contributed by atoms with Crippen molar-refractivity contribution in [3.63, 3.8) is 0 Å². The summed E-state index contributed by atoms with van der Waals surface area (Å²) in [5.41, 5.74) is 0. The molecular weight excluding hydrogens is 306 g/mol. The Labute approximate surface area is 110 Å². The van der Waals surface area contributed by atoms with Crippen LogP contribution in [0.1, 0.15) is 5.76 Å². The molecule has 0 aliphatic heterocycles. The van der Waals surface area contributed by atoms with Crippen LogP contribution in [-0.2, 0) is 5.75 Å². The average molecular weight is 314 g/mol. The third-order valence-corrected chi connectivity index (χ3v) is 3.59. The van der Waals surface area contributed by atoms with Crippen molar-refractivity contribution in [1.29, 1.82) is 0 Å². The Balaban J connectivity index is 1.97. The lowest BCUT2D eigenvalue weighted by Gasteiger charge is -1.98. The summed E-state index contributed by atoms with van der Waals surface area (Å²) in [4.78, 5) is 11.0.